The highest BCUT2D eigenvalue weighted by atomic mass is 16.1. The van der Waals surface area contributed by atoms with Crippen LogP contribution in [-0.4, -0.2) is 36.0 Å². The van der Waals surface area contributed by atoms with E-state index in [-0.39, 0.29) is 5.91 Å². The van der Waals surface area contributed by atoms with Gasteiger partial charge in [-0.05, 0) is 61.2 Å². The number of nitrogens with zero attached hydrogens (tertiary/aromatic N) is 4. The fraction of sp³-hybridized carbons (Fsp3) is 0.219. The van der Waals surface area contributed by atoms with Crippen LogP contribution in [0.1, 0.15) is 38.5 Å². The first-order chi connectivity index (χ1) is 19.7. The molecule has 8 nitrogen and oxygen atoms in total. The molecule has 3 N–H and O–H groups in total. The Morgan fingerprint density at radius 3 is 2.73 bits per heavy atom. The normalized spacial score (nSPS) is 14.1. The van der Waals surface area contributed by atoms with Gasteiger partial charge >= 0.3 is 0 Å². The van der Waals surface area contributed by atoms with Crippen molar-refractivity contribution in [3.63, 3.8) is 0 Å². The van der Waals surface area contributed by atoms with Crippen molar-refractivity contribution >= 4 is 33.5 Å². The van der Waals surface area contributed by atoms with Gasteiger partial charge in [0.15, 0.2) is 0 Å². The largest absolute Gasteiger partial charge is 0.353 e. The minimum Gasteiger partial charge on any atom is -0.353 e. The third kappa shape index (κ3) is 4.73. The number of carbonyl (C=O) groups is 1. The quantitative estimate of drug-likeness (QED) is 0.213. The molecular weight excluding hydrogens is 498 g/mol. The monoisotopic (exact) mass is 527 g/mol. The maximum Gasteiger partial charge on any atom is 0.224 e. The molecule has 0 aliphatic heterocycles. The van der Waals surface area contributed by atoms with Gasteiger partial charge in [-0.25, -0.2) is 4.98 Å². The average molecular weight is 528 g/mol. The molecule has 0 radical (unpaired) electrons. The fourth-order valence-electron chi connectivity index (χ4n) is 5.79. The van der Waals surface area contributed by atoms with Crippen molar-refractivity contribution in [1.29, 1.82) is 0 Å². The van der Waals surface area contributed by atoms with Crippen LogP contribution in [0.5, 0.6) is 0 Å². The first-order valence-electron chi connectivity index (χ1n) is 13.9. The van der Waals surface area contributed by atoms with E-state index < -0.39 is 0 Å². The molecule has 40 heavy (non-hydrogen) atoms. The Morgan fingerprint density at radius 1 is 0.925 bits per heavy atom. The number of aromatic nitrogens is 6. The van der Waals surface area contributed by atoms with Crippen molar-refractivity contribution < 1.29 is 4.79 Å². The van der Waals surface area contributed by atoms with Crippen LogP contribution in [0.2, 0.25) is 0 Å². The number of pyridine rings is 3. The number of nitrogens with one attached hydrogen (secondary N) is 3. The average Bonchev–Trinajstić information content (AvgIpc) is 3.62. The molecule has 0 atom stereocenters. The standard InChI is InChI=1S/C32H29N7O/c40-30(15-20-7-2-1-3-8-20)35-22-16-21(18-33-19-22)25-12-13-28-31(37-25)32(39-38-28)29-17-24-23(9-6-11-27(24)36-29)26-10-4-5-14-34-26/h4-6,9-14,16-20,36H,1-3,7-8,15H2,(H,35,40)(H,38,39). The van der Waals surface area contributed by atoms with E-state index in [1.807, 2.05) is 42.5 Å². The summed E-state index contributed by atoms with van der Waals surface area (Å²) in [6.07, 6.45) is 11.9. The molecule has 0 unspecified atom stereocenters. The Morgan fingerprint density at radius 2 is 1.85 bits per heavy atom. The van der Waals surface area contributed by atoms with E-state index in [0.29, 0.717) is 18.0 Å². The number of anilines is 1. The predicted molar refractivity (Wildman–Crippen MR) is 157 cm³/mol. The van der Waals surface area contributed by atoms with Crippen molar-refractivity contribution in [3.8, 4) is 33.9 Å². The smallest absolute Gasteiger partial charge is 0.224 e. The summed E-state index contributed by atoms with van der Waals surface area (Å²) in [6, 6.07) is 20.0. The van der Waals surface area contributed by atoms with Gasteiger partial charge in [-0.15, -0.1) is 0 Å². The molecule has 1 saturated carbocycles. The minimum atomic E-state index is 0.0512. The van der Waals surface area contributed by atoms with E-state index in [2.05, 4.69) is 48.7 Å². The van der Waals surface area contributed by atoms with Crippen LogP contribution in [-0.2, 0) is 4.79 Å². The van der Waals surface area contributed by atoms with E-state index in [0.717, 1.165) is 68.7 Å². The highest BCUT2D eigenvalue weighted by molar-refractivity contribution is 6.00. The van der Waals surface area contributed by atoms with Crippen molar-refractivity contribution in [2.45, 2.75) is 38.5 Å². The molecule has 1 aromatic carbocycles. The maximum atomic E-state index is 12.7. The van der Waals surface area contributed by atoms with Crippen molar-refractivity contribution in [2.75, 3.05) is 5.32 Å². The van der Waals surface area contributed by atoms with Crippen LogP contribution >= 0.6 is 0 Å². The molecule has 1 amide bonds. The lowest BCUT2D eigenvalue weighted by molar-refractivity contribution is -0.117. The maximum absolute atomic E-state index is 12.7. The Balaban J connectivity index is 1.19. The third-order valence-electron chi connectivity index (χ3n) is 7.78. The molecule has 5 heterocycles. The molecule has 8 heteroatoms. The van der Waals surface area contributed by atoms with Crippen LogP contribution < -0.4 is 5.32 Å². The van der Waals surface area contributed by atoms with Gasteiger partial charge in [0, 0.05) is 40.8 Å². The second kappa shape index (κ2) is 10.4. The summed E-state index contributed by atoms with van der Waals surface area (Å²) in [4.78, 5) is 30.1. The lowest BCUT2D eigenvalue weighted by Gasteiger charge is -2.20. The van der Waals surface area contributed by atoms with Crippen LogP contribution in [0, 0.1) is 5.92 Å². The lowest BCUT2D eigenvalue weighted by atomic mass is 9.87. The number of hydrogen-bond acceptors (Lipinski definition) is 5. The molecule has 0 saturated heterocycles. The van der Waals surface area contributed by atoms with E-state index in [4.69, 9.17) is 4.98 Å². The van der Waals surface area contributed by atoms with Crippen LogP contribution in [0.15, 0.2) is 79.3 Å². The number of rotatable bonds is 6. The SMILES string of the molecule is O=C(CC1CCCCC1)Nc1cncc(-c2ccc3[nH]nc(-c4cc5c(-c6ccccn6)cccc5[nH]4)c3n2)c1. The van der Waals surface area contributed by atoms with Crippen molar-refractivity contribution in [1.82, 2.24) is 30.1 Å². The number of benzene rings is 1. The number of carbonyl (C=O) groups excluding carboxylic acids is 1. The number of aromatic amines is 2. The van der Waals surface area contributed by atoms with Crippen LogP contribution in [0.3, 0.4) is 0 Å². The summed E-state index contributed by atoms with van der Waals surface area (Å²) in [5.41, 5.74) is 8.47. The highest BCUT2D eigenvalue weighted by Gasteiger charge is 2.18. The zero-order chi connectivity index (χ0) is 26.9. The first kappa shape index (κ1) is 24.2. The van der Waals surface area contributed by atoms with Gasteiger partial charge in [0.1, 0.15) is 11.2 Å². The van der Waals surface area contributed by atoms with Crippen LogP contribution in [0.25, 0.3) is 55.8 Å². The molecule has 6 aromatic rings. The number of fused-ring (bicyclic) bond motifs is 2. The first-order valence-corrected chi connectivity index (χ1v) is 13.9. The summed E-state index contributed by atoms with van der Waals surface area (Å²) in [5.74, 6) is 0.536. The van der Waals surface area contributed by atoms with Crippen LogP contribution in [0.4, 0.5) is 5.69 Å². The minimum absolute atomic E-state index is 0.0512. The van der Waals surface area contributed by atoms with Gasteiger partial charge in [0.25, 0.3) is 0 Å². The Hall–Kier alpha value is -4.85. The van der Waals surface area contributed by atoms with Gasteiger partial charge < -0.3 is 10.3 Å². The Labute approximate surface area is 231 Å². The van der Waals surface area contributed by atoms with Gasteiger partial charge in [0.2, 0.25) is 5.91 Å². The summed E-state index contributed by atoms with van der Waals surface area (Å²) in [5, 5.41) is 11.8. The zero-order valence-electron chi connectivity index (χ0n) is 22.0. The number of H-pyrrole nitrogens is 2. The fourth-order valence-corrected chi connectivity index (χ4v) is 5.79. The molecule has 1 aliphatic rings. The molecule has 7 rings (SSSR count). The molecule has 0 bridgehead atoms. The summed E-state index contributed by atoms with van der Waals surface area (Å²) < 4.78 is 0. The Kier molecular flexibility index (Phi) is 6.28. The van der Waals surface area contributed by atoms with E-state index in [1.165, 1.54) is 19.3 Å². The predicted octanol–water partition coefficient (Wildman–Crippen LogP) is 7.14. The van der Waals surface area contributed by atoms with Gasteiger partial charge in [-0.2, -0.15) is 5.10 Å². The van der Waals surface area contributed by atoms with Gasteiger partial charge in [-0.3, -0.25) is 19.9 Å². The molecule has 198 valence electrons. The van der Waals surface area contributed by atoms with Crippen molar-refractivity contribution in [3.05, 3.63) is 79.3 Å². The van der Waals surface area contributed by atoms with E-state index >= 15 is 0 Å². The van der Waals surface area contributed by atoms with E-state index in [1.54, 1.807) is 18.6 Å². The highest BCUT2D eigenvalue weighted by Crippen LogP contribution is 2.34. The second-order valence-corrected chi connectivity index (χ2v) is 10.5. The van der Waals surface area contributed by atoms with Gasteiger partial charge in [0.05, 0.1) is 34.5 Å². The van der Waals surface area contributed by atoms with E-state index in [9.17, 15) is 4.79 Å². The summed E-state index contributed by atoms with van der Waals surface area (Å²) >= 11 is 0. The molecule has 1 aliphatic carbocycles. The van der Waals surface area contributed by atoms with Gasteiger partial charge in [-0.1, -0.05) is 37.5 Å². The lowest BCUT2D eigenvalue weighted by Crippen LogP contribution is -2.18. The Bertz CT molecular complexity index is 1820. The third-order valence-corrected chi connectivity index (χ3v) is 7.78. The molecular formula is C32H29N7O. The number of amides is 1. The molecule has 5 aromatic heterocycles. The summed E-state index contributed by atoms with van der Waals surface area (Å²) in [6.45, 7) is 0. The molecule has 1 fully saturated rings. The second-order valence-electron chi connectivity index (χ2n) is 10.5. The molecule has 0 spiro atoms. The number of hydrogen-bond donors (Lipinski definition) is 3. The van der Waals surface area contributed by atoms with Crippen molar-refractivity contribution in [2.24, 2.45) is 5.92 Å². The summed E-state index contributed by atoms with van der Waals surface area (Å²) in [7, 11) is 0. The zero-order valence-corrected chi connectivity index (χ0v) is 22.0. The topological polar surface area (TPSA) is 112 Å².